The number of nitrogens with one attached hydrogen (secondary N) is 1. The first kappa shape index (κ1) is 15.0. The van der Waals surface area contributed by atoms with E-state index in [1.54, 1.807) is 34.8 Å². The second kappa shape index (κ2) is 6.44. The smallest absolute Gasteiger partial charge is 0.126 e. The van der Waals surface area contributed by atoms with Crippen LogP contribution in [-0.2, 0) is 6.42 Å². The molecule has 0 fully saturated rings. The van der Waals surface area contributed by atoms with E-state index in [4.69, 9.17) is 11.6 Å². The number of hydrogen-bond donors (Lipinski definition) is 1. The molecule has 3 rings (SSSR count). The molecule has 2 aromatic heterocycles. The second-order valence-corrected chi connectivity index (χ2v) is 7.35. The number of halogens is 2. The average Bonchev–Trinajstić information content (AvgIpc) is 3.03. The Labute approximate surface area is 136 Å². The molecule has 0 saturated carbocycles. The van der Waals surface area contributed by atoms with Gasteiger partial charge in [-0.3, -0.25) is 0 Å². The molecule has 0 amide bonds. The fourth-order valence-corrected chi connectivity index (χ4v) is 4.79. The SMILES string of the molecule is CCNC(Cc1cc(Cl)ccc1F)c1cc2sccc2s1. The Hall–Kier alpha value is -0.940. The van der Waals surface area contributed by atoms with Crippen LogP contribution < -0.4 is 5.32 Å². The highest BCUT2D eigenvalue weighted by Crippen LogP contribution is 2.35. The topological polar surface area (TPSA) is 12.0 Å². The van der Waals surface area contributed by atoms with E-state index in [9.17, 15) is 4.39 Å². The minimum Gasteiger partial charge on any atom is -0.309 e. The van der Waals surface area contributed by atoms with Crippen molar-refractivity contribution >= 4 is 43.7 Å². The largest absolute Gasteiger partial charge is 0.309 e. The molecule has 21 heavy (non-hydrogen) atoms. The molecular weight excluding hydrogens is 325 g/mol. The maximum absolute atomic E-state index is 13.9. The van der Waals surface area contributed by atoms with E-state index in [1.165, 1.54) is 20.3 Å². The Balaban J connectivity index is 1.90. The van der Waals surface area contributed by atoms with Crippen molar-refractivity contribution in [1.29, 1.82) is 0 Å². The van der Waals surface area contributed by atoms with Crippen molar-refractivity contribution in [3.8, 4) is 0 Å². The third-order valence-electron chi connectivity index (χ3n) is 3.38. The fraction of sp³-hybridized carbons (Fsp3) is 0.250. The quantitative estimate of drug-likeness (QED) is 0.633. The normalized spacial score (nSPS) is 12.9. The summed E-state index contributed by atoms with van der Waals surface area (Å²) in [4.78, 5) is 1.25. The average molecular weight is 340 g/mol. The lowest BCUT2D eigenvalue weighted by Crippen LogP contribution is -2.22. The third kappa shape index (κ3) is 3.29. The van der Waals surface area contributed by atoms with Gasteiger partial charge >= 0.3 is 0 Å². The maximum atomic E-state index is 13.9. The summed E-state index contributed by atoms with van der Waals surface area (Å²) < 4.78 is 16.5. The van der Waals surface area contributed by atoms with Crippen LogP contribution in [0, 0.1) is 5.82 Å². The summed E-state index contributed by atoms with van der Waals surface area (Å²) in [5.74, 6) is -0.194. The van der Waals surface area contributed by atoms with Gasteiger partial charge < -0.3 is 5.32 Å². The first-order valence-corrected chi connectivity index (χ1v) is 8.89. The Morgan fingerprint density at radius 1 is 1.24 bits per heavy atom. The molecule has 0 aliphatic rings. The van der Waals surface area contributed by atoms with Crippen molar-refractivity contribution in [2.24, 2.45) is 0 Å². The standard InChI is InChI=1S/C16H15ClFNS2/c1-2-19-13(8-10-7-11(17)3-4-12(10)18)15-9-16-14(21-15)5-6-20-16/h3-7,9,13,19H,2,8H2,1H3. The molecule has 1 unspecified atom stereocenters. The predicted molar refractivity (Wildman–Crippen MR) is 91.2 cm³/mol. The highest BCUT2D eigenvalue weighted by Gasteiger charge is 2.17. The Kier molecular flexibility index (Phi) is 4.60. The van der Waals surface area contributed by atoms with Crippen molar-refractivity contribution in [1.82, 2.24) is 5.32 Å². The van der Waals surface area contributed by atoms with E-state index in [-0.39, 0.29) is 11.9 Å². The molecule has 3 aromatic rings. The monoisotopic (exact) mass is 339 g/mol. The number of likely N-dealkylation sites (N-methyl/N-ethyl adjacent to an activating group) is 1. The molecule has 0 radical (unpaired) electrons. The highest BCUT2D eigenvalue weighted by atomic mass is 35.5. The van der Waals surface area contributed by atoms with E-state index in [0.29, 0.717) is 17.0 Å². The second-order valence-electron chi connectivity index (χ2n) is 4.85. The van der Waals surface area contributed by atoms with E-state index >= 15 is 0 Å². The number of rotatable bonds is 5. The zero-order valence-corrected chi connectivity index (χ0v) is 13.9. The zero-order chi connectivity index (χ0) is 14.8. The van der Waals surface area contributed by atoms with Gasteiger partial charge in [-0.1, -0.05) is 18.5 Å². The number of thiophene rings is 2. The van der Waals surface area contributed by atoms with Gasteiger partial charge in [0.25, 0.3) is 0 Å². The molecule has 0 saturated heterocycles. The lowest BCUT2D eigenvalue weighted by molar-refractivity contribution is 0.534. The third-order valence-corrected chi connectivity index (χ3v) is 5.83. The van der Waals surface area contributed by atoms with E-state index in [0.717, 1.165) is 6.54 Å². The first-order chi connectivity index (χ1) is 10.2. The molecule has 5 heteroatoms. The molecule has 1 aromatic carbocycles. The van der Waals surface area contributed by atoms with Gasteiger partial charge in [-0.2, -0.15) is 0 Å². The molecular formula is C16H15ClFNS2. The zero-order valence-electron chi connectivity index (χ0n) is 11.5. The van der Waals surface area contributed by atoms with E-state index in [2.05, 4.69) is 29.8 Å². The fourth-order valence-electron chi connectivity index (χ4n) is 2.40. The van der Waals surface area contributed by atoms with Gasteiger partial charge in [-0.05, 0) is 54.2 Å². The van der Waals surface area contributed by atoms with Crippen molar-refractivity contribution < 1.29 is 4.39 Å². The lowest BCUT2D eigenvalue weighted by Gasteiger charge is -2.17. The van der Waals surface area contributed by atoms with Crippen LogP contribution >= 0.6 is 34.3 Å². The van der Waals surface area contributed by atoms with Crippen molar-refractivity contribution in [3.63, 3.8) is 0 Å². The van der Waals surface area contributed by atoms with Crippen LogP contribution in [0.15, 0.2) is 35.7 Å². The number of fused-ring (bicyclic) bond motifs is 1. The van der Waals surface area contributed by atoms with Crippen LogP contribution in [0.2, 0.25) is 5.02 Å². The predicted octanol–water partition coefficient (Wildman–Crippen LogP) is 5.65. The van der Waals surface area contributed by atoms with Gasteiger partial charge in [-0.15, -0.1) is 22.7 Å². The summed E-state index contributed by atoms with van der Waals surface area (Å²) in [6.07, 6.45) is 0.605. The van der Waals surface area contributed by atoms with Gasteiger partial charge in [0.1, 0.15) is 5.82 Å². The van der Waals surface area contributed by atoms with Crippen LogP contribution in [-0.4, -0.2) is 6.54 Å². The summed E-state index contributed by atoms with van der Waals surface area (Å²) >= 11 is 9.50. The molecule has 0 aliphatic heterocycles. The molecule has 1 nitrogen and oxygen atoms in total. The first-order valence-electron chi connectivity index (χ1n) is 6.81. The van der Waals surface area contributed by atoms with Crippen molar-refractivity contribution in [3.05, 3.63) is 57.0 Å². The molecule has 1 atom stereocenters. The van der Waals surface area contributed by atoms with Gasteiger partial charge in [0.2, 0.25) is 0 Å². The van der Waals surface area contributed by atoms with Crippen LogP contribution in [0.1, 0.15) is 23.4 Å². The maximum Gasteiger partial charge on any atom is 0.126 e. The summed E-state index contributed by atoms with van der Waals surface area (Å²) in [5.41, 5.74) is 0.658. The molecule has 0 aliphatic carbocycles. The summed E-state index contributed by atoms with van der Waals surface area (Å²) in [6, 6.07) is 9.21. The molecule has 2 heterocycles. The van der Waals surface area contributed by atoms with Gasteiger partial charge in [0.05, 0.1) is 0 Å². The van der Waals surface area contributed by atoms with Gasteiger partial charge in [-0.25, -0.2) is 4.39 Å². The van der Waals surface area contributed by atoms with Crippen molar-refractivity contribution in [2.45, 2.75) is 19.4 Å². The van der Waals surface area contributed by atoms with Crippen LogP contribution in [0.3, 0.4) is 0 Å². The van der Waals surface area contributed by atoms with Crippen molar-refractivity contribution in [2.75, 3.05) is 6.54 Å². The lowest BCUT2D eigenvalue weighted by atomic mass is 10.0. The highest BCUT2D eigenvalue weighted by molar-refractivity contribution is 7.26. The van der Waals surface area contributed by atoms with Crippen LogP contribution in [0.25, 0.3) is 9.40 Å². The molecule has 0 bridgehead atoms. The number of hydrogen-bond acceptors (Lipinski definition) is 3. The van der Waals surface area contributed by atoms with Gasteiger partial charge in [0.15, 0.2) is 0 Å². The minimum atomic E-state index is -0.194. The summed E-state index contributed by atoms with van der Waals surface area (Å²) in [6.45, 7) is 2.91. The minimum absolute atomic E-state index is 0.118. The summed E-state index contributed by atoms with van der Waals surface area (Å²) in [5, 5.41) is 6.13. The van der Waals surface area contributed by atoms with Crippen LogP contribution in [0.5, 0.6) is 0 Å². The summed E-state index contributed by atoms with van der Waals surface area (Å²) in [7, 11) is 0. The molecule has 0 spiro atoms. The Bertz CT molecular complexity index is 721. The number of benzene rings is 1. The van der Waals surface area contributed by atoms with Crippen LogP contribution in [0.4, 0.5) is 4.39 Å². The van der Waals surface area contributed by atoms with E-state index < -0.39 is 0 Å². The Morgan fingerprint density at radius 2 is 2.10 bits per heavy atom. The molecule has 1 N–H and O–H groups in total. The van der Waals surface area contributed by atoms with E-state index in [1.807, 2.05) is 0 Å². The Morgan fingerprint density at radius 3 is 2.86 bits per heavy atom. The van der Waals surface area contributed by atoms with Gasteiger partial charge in [0, 0.05) is 25.3 Å². The molecule has 110 valence electrons.